The van der Waals surface area contributed by atoms with Gasteiger partial charge in [0, 0.05) is 25.6 Å². The van der Waals surface area contributed by atoms with E-state index in [-0.39, 0.29) is 18.4 Å². The van der Waals surface area contributed by atoms with E-state index in [1.165, 1.54) is 32.1 Å². The molecule has 112 valence electrons. The number of halogens is 1. The first kappa shape index (κ1) is 16.8. The predicted molar refractivity (Wildman–Crippen MR) is 81.4 cm³/mol. The van der Waals surface area contributed by atoms with E-state index in [2.05, 4.69) is 11.8 Å². The van der Waals surface area contributed by atoms with Gasteiger partial charge in [-0.1, -0.05) is 19.8 Å². The molecule has 2 rings (SSSR count). The SMILES string of the molecule is CC1CCCN(C(=O)CC2CCCCC2N)CC1.Cl. The van der Waals surface area contributed by atoms with Crippen molar-refractivity contribution in [2.24, 2.45) is 17.6 Å². The average Bonchev–Trinajstić information content (AvgIpc) is 2.57. The van der Waals surface area contributed by atoms with Gasteiger partial charge in [0.15, 0.2) is 0 Å². The lowest BCUT2D eigenvalue weighted by atomic mass is 9.82. The second kappa shape index (κ2) is 8.11. The van der Waals surface area contributed by atoms with E-state index in [1.807, 2.05) is 0 Å². The molecule has 2 fully saturated rings. The summed E-state index contributed by atoms with van der Waals surface area (Å²) in [4.78, 5) is 14.4. The second-order valence-electron chi connectivity index (χ2n) is 6.33. The standard InChI is InChI=1S/C15H28N2O.ClH/c1-12-5-4-9-17(10-8-12)15(18)11-13-6-2-3-7-14(13)16;/h12-14H,2-11,16H2,1H3;1H. The highest BCUT2D eigenvalue weighted by Gasteiger charge is 2.27. The minimum absolute atomic E-state index is 0. The van der Waals surface area contributed by atoms with Gasteiger partial charge in [0.05, 0.1) is 0 Å². The second-order valence-corrected chi connectivity index (χ2v) is 6.33. The van der Waals surface area contributed by atoms with Gasteiger partial charge in [0.1, 0.15) is 0 Å². The van der Waals surface area contributed by atoms with Crippen molar-refractivity contribution in [1.82, 2.24) is 4.90 Å². The van der Waals surface area contributed by atoms with E-state index in [0.717, 1.165) is 31.8 Å². The van der Waals surface area contributed by atoms with Crippen molar-refractivity contribution in [3.05, 3.63) is 0 Å². The normalized spacial score (nSPS) is 32.3. The van der Waals surface area contributed by atoms with Crippen molar-refractivity contribution in [1.29, 1.82) is 0 Å². The fourth-order valence-corrected chi connectivity index (χ4v) is 3.36. The molecule has 1 aliphatic heterocycles. The minimum Gasteiger partial charge on any atom is -0.343 e. The maximum atomic E-state index is 12.3. The third-order valence-electron chi connectivity index (χ3n) is 4.77. The monoisotopic (exact) mass is 288 g/mol. The summed E-state index contributed by atoms with van der Waals surface area (Å²) in [7, 11) is 0. The van der Waals surface area contributed by atoms with Crippen LogP contribution in [0.2, 0.25) is 0 Å². The van der Waals surface area contributed by atoms with Gasteiger partial charge in [0.2, 0.25) is 5.91 Å². The molecule has 3 nitrogen and oxygen atoms in total. The van der Waals surface area contributed by atoms with Gasteiger partial charge in [-0.05, 0) is 43.9 Å². The molecule has 3 unspecified atom stereocenters. The Hall–Kier alpha value is -0.280. The summed E-state index contributed by atoms with van der Waals surface area (Å²) in [6.45, 7) is 4.22. The largest absolute Gasteiger partial charge is 0.343 e. The zero-order valence-electron chi connectivity index (χ0n) is 12.1. The summed E-state index contributed by atoms with van der Waals surface area (Å²) >= 11 is 0. The third-order valence-corrected chi connectivity index (χ3v) is 4.77. The lowest BCUT2D eigenvalue weighted by molar-refractivity contribution is -0.132. The van der Waals surface area contributed by atoms with Crippen LogP contribution < -0.4 is 5.73 Å². The van der Waals surface area contributed by atoms with Crippen LogP contribution in [0.1, 0.15) is 58.3 Å². The summed E-state index contributed by atoms with van der Waals surface area (Å²) in [5.74, 6) is 1.57. The molecule has 4 heteroatoms. The van der Waals surface area contributed by atoms with Gasteiger partial charge in [-0.2, -0.15) is 0 Å². The van der Waals surface area contributed by atoms with Crippen molar-refractivity contribution in [2.45, 2.75) is 64.3 Å². The van der Waals surface area contributed by atoms with E-state index in [9.17, 15) is 4.79 Å². The summed E-state index contributed by atoms with van der Waals surface area (Å²) in [6, 6.07) is 0.258. The highest BCUT2D eigenvalue weighted by Crippen LogP contribution is 2.27. The lowest BCUT2D eigenvalue weighted by Crippen LogP contribution is -2.39. The van der Waals surface area contributed by atoms with E-state index in [4.69, 9.17) is 5.73 Å². The zero-order valence-corrected chi connectivity index (χ0v) is 13.0. The first-order chi connectivity index (χ1) is 8.66. The highest BCUT2D eigenvalue weighted by molar-refractivity contribution is 5.85. The average molecular weight is 289 g/mol. The van der Waals surface area contributed by atoms with E-state index >= 15 is 0 Å². The van der Waals surface area contributed by atoms with Gasteiger partial charge in [-0.3, -0.25) is 4.79 Å². The summed E-state index contributed by atoms with van der Waals surface area (Å²) in [5.41, 5.74) is 6.14. The van der Waals surface area contributed by atoms with Crippen LogP contribution in [0.25, 0.3) is 0 Å². The number of nitrogens with zero attached hydrogens (tertiary/aromatic N) is 1. The van der Waals surface area contributed by atoms with Gasteiger partial charge in [-0.15, -0.1) is 12.4 Å². The molecule has 0 radical (unpaired) electrons. The van der Waals surface area contributed by atoms with Crippen LogP contribution in [0.3, 0.4) is 0 Å². The van der Waals surface area contributed by atoms with Gasteiger partial charge in [0.25, 0.3) is 0 Å². The number of hydrogen-bond donors (Lipinski definition) is 1. The third kappa shape index (κ3) is 4.96. The molecule has 1 aliphatic carbocycles. The number of amides is 1. The molecule has 2 aliphatic rings. The number of carbonyl (C=O) groups is 1. The lowest BCUT2D eigenvalue weighted by Gasteiger charge is -2.30. The summed E-state index contributed by atoms with van der Waals surface area (Å²) < 4.78 is 0. The van der Waals surface area contributed by atoms with E-state index in [1.54, 1.807) is 0 Å². The minimum atomic E-state index is 0. The van der Waals surface area contributed by atoms with Crippen LogP contribution in [0.4, 0.5) is 0 Å². The van der Waals surface area contributed by atoms with E-state index < -0.39 is 0 Å². The fourth-order valence-electron chi connectivity index (χ4n) is 3.36. The van der Waals surface area contributed by atoms with Crippen LogP contribution in [0.5, 0.6) is 0 Å². The first-order valence-corrected chi connectivity index (χ1v) is 7.70. The molecule has 1 saturated carbocycles. The molecule has 0 aromatic rings. The number of rotatable bonds is 2. The van der Waals surface area contributed by atoms with Crippen molar-refractivity contribution in [2.75, 3.05) is 13.1 Å². The molecule has 0 bridgehead atoms. The zero-order chi connectivity index (χ0) is 13.0. The molecule has 1 saturated heterocycles. The fraction of sp³-hybridized carbons (Fsp3) is 0.933. The Kier molecular flexibility index (Phi) is 7.16. The summed E-state index contributed by atoms with van der Waals surface area (Å²) in [5, 5.41) is 0. The van der Waals surface area contributed by atoms with Crippen molar-refractivity contribution in [3.8, 4) is 0 Å². The molecule has 19 heavy (non-hydrogen) atoms. The number of hydrogen-bond acceptors (Lipinski definition) is 2. The Balaban J connectivity index is 0.00000180. The Morgan fingerprint density at radius 1 is 1.11 bits per heavy atom. The molecule has 2 N–H and O–H groups in total. The highest BCUT2D eigenvalue weighted by atomic mass is 35.5. The summed E-state index contributed by atoms with van der Waals surface area (Å²) in [6.07, 6.45) is 9.05. The number of likely N-dealkylation sites (tertiary alicyclic amines) is 1. The molecule has 0 spiro atoms. The Morgan fingerprint density at radius 2 is 1.84 bits per heavy atom. The van der Waals surface area contributed by atoms with Crippen LogP contribution in [0, 0.1) is 11.8 Å². The molecular formula is C15H29ClN2O. The quantitative estimate of drug-likeness (QED) is 0.849. The maximum Gasteiger partial charge on any atom is 0.222 e. The first-order valence-electron chi connectivity index (χ1n) is 7.70. The Morgan fingerprint density at radius 3 is 2.58 bits per heavy atom. The van der Waals surface area contributed by atoms with Crippen LogP contribution in [0.15, 0.2) is 0 Å². The van der Waals surface area contributed by atoms with Crippen LogP contribution in [-0.4, -0.2) is 29.9 Å². The predicted octanol–water partition coefficient (Wildman–Crippen LogP) is 2.96. The topological polar surface area (TPSA) is 46.3 Å². The Bertz CT molecular complexity index is 285. The molecule has 1 amide bonds. The Labute approximate surface area is 123 Å². The van der Waals surface area contributed by atoms with Crippen LogP contribution >= 0.6 is 12.4 Å². The smallest absolute Gasteiger partial charge is 0.222 e. The number of carbonyl (C=O) groups excluding carboxylic acids is 1. The van der Waals surface area contributed by atoms with E-state index in [0.29, 0.717) is 18.2 Å². The van der Waals surface area contributed by atoms with Crippen molar-refractivity contribution in [3.63, 3.8) is 0 Å². The molecular weight excluding hydrogens is 260 g/mol. The van der Waals surface area contributed by atoms with Gasteiger partial charge < -0.3 is 10.6 Å². The molecule has 0 aromatic heterocycles. The van der Waals surface area contributed by atoms with Crippen LogP contribution in [-0.2, 0) is 4.79 Å². The molecule has 3 atom stereocenters. The molecule has 1 heterocycles. The van der Waals surface area contributed by atoms with Gasteiger partial charge >= 0.3 is 0 Å². The molecule has 0 aromatic carbocycles. The van der Waals surface area contributed by atoms with Crippen molar-refractivity contribution < 1.29 is 4.79 Å². The number of nitrogens with two attached hydrogens (primary N) is 1. The van der Waals surface area contributed by atoms with Gasteiger partial charge in [-0.25, -0.2) is 0 Å². The van der Waals surface area contributed by atoms with Crippen molar-refractivity contribution >= 4 is 18.3 Å². The maximum absolute atomic E-state index is 12.3.